The van der Waals surface area contributed by atoms with Crippen LogP contribution >= 0.6 is 0 Å². The van der Waals surface area contributed by atoms with Gasteiger partial charge in [0.2, 0.25) is 0 Å². The van der Waals surface area contributed by atoms with Gasteiger partial charge in [0, 0.05) is 12.1 Å². The largest absolute Gasteiger partial charge is 0.491 e. The summed E-state index contributed by atoms with van der Waals surface area (Å²) in [6, 6.07) is 6.84. The summed E-state index contributed by atoms with van der Waals surface area (Å²) in [5.74, 6) is -0.384. The minimum atomic E-state index is -0.774. The van der Waals surface area contributed by atoms with E-state index in [1.807, 2.05) is 25.7 Å². The zero-order chi connectivity index (χ0) is 17.0. The van der Waals surface area contributed by atoms with E-state index in [4.69, 9.17) is 4.74 Å². The van der Waals surface area contributed by atoms with E-state index in [1.165, 1.54) is 0 Å². The van der Waals surface area contributed by atoms with E-state index < -0.39 is 5.97 Å². The van der Waals surface area contributed by atoms with Crippen LogP contribution in [0.5, 0.6) is 5.75 Å². The van der Waals surface area contributed by atoms with Crippen molar-refractivity contribution in [1.29, 1.82) is 0 Å². The maximum atomic E-state index is 12.6. The Labute approximate surface area is 137 Å². The first kappa shape index (κ1) is 17.5. The van der Waals surface area contributed by atoms with Crippen LogP contribution in [0.15, 0.2) is 24.3 Å². The maximum absolute atomic E-state index is 12.6. The molecule has 0 aliphatic carbocycles. The number of ketones is 1. The van der Waals surface area contributed by atoms with Crippen LogP contribution in [0.2, 0.25) is 0 Å². The molecule has 0 radical (unpaired) electrons. The van der Waals surface area contributed by atoms with Gasteiger partial charge >= 0.3 is 5.97 Å². The summed E-state index contributed by atoms with van der Waals surface area (Å²) in [4.78, 5) is 25.8. The van der Waals surface area contributed by atoms with E-state index in [0.29, 0.717) is 18.5 Å². The molecule has 1 saturated heterocycles. The quantitative estimate of drug-likeness (QED) is 0.817. The van der Waals surface area contributed by atoms with Crippen LogP contribution in [0.25, 0.3) is 0 Å². The molecule has 1 fully saturated rings. The van der Waals surface area contributed by atoms with Crippen LogP contribution in [-0.2, 0) is 4.79 Å². The normalized spacial score (nSPS) is 20.3. The van der Waals surface area contributed by atoms with E-state index in [9.17, 15) is 14.7 Å². The van der Waals surface area contributed by atoms with Crippen LogP contribution < -0.4 is 4.74 Å². The number of benzene rings is 1. The Morgan fingerprint density at radius 1 is 1.22 bits per heavy atom. The van der Waals surface area contributed by atoms with Crippen molar-refractivity contribution in [2.75, 3.05) is 13.1 Å². The number of hydrogen-bond acceptors (Lipinski definition) is 4. The lowest BCUT2D eigenvalue weighted by Crippen LogP contribution is -2.46. The maximum Gasteiger partial charge on any atom is 0.307 e. The van der Waals surface area contributed by atoms with Gasteiger partial charge in [-0.3, -0.25) is 14.5 Å². The molecule has 2 atom stereocenters. The number of hydrogen-bond donors (Lipinski definition) is 1. The van der Waals surface area contributed by atoms with Gasteiger partial charge in [-0.1, -0.05) is 0 Å². The number of nitrogens with zero attached hydrogens (tertiary/aromatic N) is 1. The lowest BCUT2D eigenvalue weighted by Gasteiger charge is -2.34. The van der Waals surface area contributed by atoms with E-state index in [-0.39, 0.29) is 23.8 Å². The van der Waals surface area contributed by atoms with E-state index in [2.05, 4.69) is 0 Å². The predicted octanol–water partition coefficient (Wildman–Crippen LogP) is 2.84. The third-order valence-electron chi connectivity index (χ3n) is 4.24. The number of carbonyl (C=O) groups is 2. The minimum absolute atomic E-state index is 0.0205. The number of rotatable bonds is 6. The number of carboxylic acid groups (broad SMARTS) is 1. The van der Waals surface area contributed by atoms with Crippen LogP contribution in [0, 0.1) is 5.92 Å². The zero-order valence-corrected chi connectivity index (χ0v) is 14.0. The van der Waals surface area contributed by atoms with Crippen LogP contribution in [-0.4, -0.2) is 47.0 Å². The van der Waals surface area contributed by atoms with Gasteiger partial charge in [0.15, 0.2) is 5.78 Å². The Morgan fingerprint density at radius 3 is 2.43 bits per heavy atom. The molecule has 1 heterocycles. The first-order valence-corrected chi connectivity index (χ1v) is 8.16. The van der Waals surface area contributed by atoms with Gasteiger partial charge in [-0.05, 0) is 64.4 Å². The van der Waals surface area contributed by atoms with Crippen LogP contribution in [0.4, 0.5) is 0 Å². The van der Waals surface area contributed by atoms with Gasteiger partial charge in [-0.25, -0.2) is 0 Å². The lowest BCUT2D eigenvalue weighted by molar-refractivity contribution is -0.143. The number of likely N-dealkylation sites (tertiary alicyclic amines) is 1. The monoisotopic (exact) mass is 319 g/mol. The second-order valence-corrected chi connectivity index (χ2v) is 6.40. The smallest absolute Gasteiger partial charge is 0.307 e. The Morgan fingerprint density at radius 2 is 1.87 bits per heavy atom. The minimum Gasteiger partial charge on any atom is -0.491 e. The molecule has 1 aliphatic rings. The molecule has 1 aliphatic heterocycles. The van der Waals surface area contributed by atoms with Gasteiger partial charge in [0.25, 0.3) is 0 Å². The van der Waals surface area contributed by atoms with E-state index >= 15 is 0 Å². The van der Waals surface area contributed by atoms with E-state index in [0.717, 1.165) is 18.7 Å². The number of carbonyl (C=O) groups excluding carboxylic acids is 1. The first-order valence-electron chi connectivity index (χ1n) is 8.16. The molecular weight excluding hydrogens is 294 g/mol. The molecule has 5 heteroatoms. The van der Waals surface area contributed by atoms with Crippen molar-refractivity contribution in [3.8, 4) is 5.75 Å². The van der Waals surface area contributed by atoms with Crippen molar-refractivity contribution in [3.63, 3.8) is 0 Å². The Balaban J connectivity index is 2.02. The number of Topliss-reactive ketones (excluding diaryl/α,β-unsaturated/α-hetero) is 1. The highest BCUT2D eigenvalue weighted by Crippen LogP contribution is 2.21. The number of carboxylic acids is 1. The second kappa shape index (κ2) is 7.59. The first-order chi connectivity index (χ1) is 10.9. The van der Waals surface area contributed by atoms with Gasteiger partial charge in [0.1, 0.15) is 5.75 Å². The zero-order valence-electron chi connectivity index (χ0n) is 14.0. The molecule has 126 valence electrons. The molecule has 1 aromatic rings. The molecule has 0 aromatic heterocycles. The Bertz CT molecular complexity index is 553. The summed E-state index contributed by atoms with van der Waals surface area (Å²) >= 11 is 0. The molecule has 5 nitrogen and oxygen atoms in total. The van der Waals surface area contributed by atoms with Crippen molar-refractivity contribution in [3.05, 3.63) is 29.8 Å². The number of ether oxygens (including phenoxy) is 1. The second-order valence-electron chi connectivity index (χ2n) is 6.40. The average molecular weight is 319 g/mol. The topological polar surface area (TPSA) is 66.8 Å². The lowest BCUT2D eigenvalue weighted by atomic mass is 9.95. The number of piperidine rings is 1. The molecule has 2 rings (SSSR count). The van der Waals surface area contributed by atoms with Gasteiger partial charge in [-0.15, -0.1) is 0 Å². The molecule has 1 aromatic carbocycles. The summed E-state index contributed by atoms with van der Waals surface area (Å²) < 4.78 is 5.58. The summed E-state index contributed by atoms with van der Waals surface area (Å²) in [5, 5.41) is 9.17. The predicted molar refractivity (Wildman–Crippen MR) is 87.9 cm³/mol. The fourth-order valence-corrected chi connectivity index (χ4v) is 2.94. The van der Waals surface area contributed by atoms with Crippen molar-refractivity contribution in [2.24, 2.45) is 5.92 Å². The molecule has 2 unspecified atom stereocenters. The van der Waals surface area contributed by atoms with Gasteiger partial charge in [-0.2, -0.15) is 0 Å². The third-order valence-corrected chi connectivity index (χ3v) is 4.24. The SMILES string of the molecule is CC(C)Oc1ccc(C(=O)C(C)N2CCCC(C(=O)O)C2)cc1. The van der Waals surface area contributed by atoms with Crippen molar-refractivity contribution >= 4 is 11.8 Å². The Kier molecular flexibility index (Phi) is 5.77. The highest BCUT2D eigenvalue weighted by atomic mass is 16.5. The summed E-state index contributed by atoms with van der Waals surface area (Å²) in [7, 11) is 0. The molecule has 0 bridgehead atoms. The molecular formula is C18H25NO4. The Hall–Kier alpha value is -1.88. The highest BCUT2D eigenvalue weighted by molar-refractivity contribution is 6.00. The summed E-state index contributed by atoms with van der Waals surface area (Å²) in [6.07, 6.45) is 1.60. The standard InChI is InChI=1S/C18H25NO4/c1-12(2)23-16-8-6-14(7-9-16)17(20)13(3)19-10-4-5-15(11-19)18(21)22/h6-9,12-13,15H,4-5,10-11H2,1-3H3,(H,21,22). The van der Waals surface area contributed by atoms with Crippen molar-refractivity contribution in [1.82, 2.24) is 4.90 Å². The van der Waals surface area contributed by atoms with Crippen molar-refractivity contribution in [2.45, 2.75) is 45.8 Å². The summed E-state index contributed by atoms with van der Waals surface area (Å²) in [5.41, 5.74) is 0.631. The van der Waals surface area contributed by atoms with Crippen LogP contribution in [0.3, 0.4) is 0 Å². The third kappa shape index (κ3) is 4.55. The van der Waals surface area contributed by atoms with Crippen molar-refractivity contribution < 1.29 is 19.4 Å². The molecule has 0 spiro atoms. The molecule has 0 saturated carbocycles. The fourth-order valence-electron chi connectivity index (χ4n) is 2.94. The van der Waals surface area contributed by atoms with E-state index in [1.54, 1.807) is 24.3 Å². The summed E-state index contributed by atoms with van der Waals surface area (Å²) in [6.45, 7) is 6.97. The molecule has 1 N–H and O–H groups in total. The number of aliphatic carboxylic acids is 1. The molecule has 23 heavy (non-hydrogen) atoms. The molecule has 0 amide bonds. The van der Waals surface area contributed by atoms with Gasteiger partial charge in [0.05, 0.1) is 18.1 Å². The van der Waals surface area contributed by atoms with Gasteiger partial charge < -0.3 is 9.84 Å². The fraction of sp³-hybridized carbons (Fsp3) is 0.556. The van der Waals surface area contributed by atoms with Crippen LogP contribution in [0.1, 0.15) is 44.0 Å². The average Bonchev–Trinajstić information content (AvgIpc) is 2.53. The highest BCUT2D eigenvalue weighted by Gasteiger charge is 2.30.